The Labute approximate surface area is 361 Å². The number of para-hydroxylation sites is 1. The van der Waals surface area contributed by atoms with Gasteiger partial charge in [0.1, 0.15) is 5.82 Å². The number of hydrogen-bond acceptors (Lipinski definition) is 11. The molecule has 4 fully saturated rings. The zero-order chi connectivity index (χ0) is 42.4. The van der Waals surface area contributed by atoms with Crippen LogP contribution < -0.4 is 15.5 Å². The highest BCUT2D eigenvalue weighted by Crippen LogP contribution is 2.72. The Morgan fingerprint density at radius 2 is 1.64 bits per heavy atom. The average molecular weight is 848 g/mol. The molecule has 5 aliphatic rings. The van der Waals surface area contributed by atoms with Crippen LogP contribution in [0.5, 0.6) is 0 Å². The van der Waals surface area contributed by atoms with Crippen molar-refractivity contribution in [3.8, 4) is 11.1 Å². The summed E-state index contributed by atoms with van der Waals surface area (Å²) in [5.41, 5.74) is 5.84. The van der Waals surface area contributed by atoms with Crippen LogP contribution >= 0.6 is 11.3 Å². The molecule has 2 aromatic carbocycles. The van der Waals surface area contributed by atoms with E-state index in [1.54, 1.807) is 0 Å². The van der Waals surface area contributed by atoms with Gasteiger partial charge in [-0.3, -0.25) is 14.8 Å². The summed E-state index contributed by atoms with van der Waals surface area (Å²) in [5, 5.41) is 22.1. The van der Waals surface area contributed by atoms with E-state index in [0.717, 1.165) is 77.8 Å². The van der Waals surface area contributed by atoms with Gasteiger partial charge in [-0.05, 0) is 117 Å². The van der Waals surface area contributed by atoms with E-state index in [1.165, 1.54) is 17.8 Å². The number of fused-ring (bicyclic) bond motifs is 2. The van der Waals surface area contributed by atoms with E-state index in [0.29, 0.717) is 74.6 Å². The molecule has 5 aromatic rings. The van der Waals surface area contributed by atoms with Gasteiger partial charge in [-0.1, -0.05) is 49.4 Å². The predicted molar refractivity (Wildman–Crippen MR) is 237 cm³/mol. The second-order valence-corrected chi connectivity index (χ2v) is 19.8. The van der Waals surface area contributed by atoms with Gasteiger partial charge in [-0.2, -0.15) is 5.10 Å². The standard InChI is InChI=1S/C47H57N7O6S/c1-31-35(22-49-54(31)30-46-25-44(2)24-45(3,26-46)28-47(27-44,29-46)60-21-20-59-19-18-58-17-15-48-4)33-12-13-39(51-40(33)42(56)57)53-16-14-32-8-7-9-34(36(32)23-53)41(55)52-43-50-37-10-5-6-11-38(37)61-43/h5-13,22,48H,14-21,23-30H2,1-4H3,(H,56,57)(H,50,52,55)/t44-,45+,46?,47?. The van der Waals surface area contributed by atoms with E-state index in [2.05, 4.69) is 45.1 Å². The number of carbonyl (C=O) groups is 2. The molecule has 61 heavy (non-hydrogen) atoms. The van der Waals surface area contributed by atoms with E-state index in [4.69, 9.17) is 24.3 Å². The lowest BCUT2D eigenvalue weighted by atomic mass is 9.39. The molecule has 14 heteroatoms. The zero-order valence-corrected chi connectivity index (χ0v) is 36.5. The summed E-state index contributed by atoms with van der Waals surface area (Å²) in [7, 11) is 1.91. The van der Waals surface area contributed by atoms with E-state index < -0.39 is 5.97 Å². The molecule has 4 saturated carbocycles. The fourth-order valence-electron chi connectivity index (χ4n) is 12.2. The molecule has 13 nitrogen and oxygen atoms in total. The number of nitrogens with zero attached hydrogens (tertiary/aromatic N) is 5. The normalized spacial score (nSPS) is 25.3. The molecule has 1 amide bonds. The highest BCUT2D eigenvalue weighted by Gasteiger charge is 2.66. The molecule has 1 aliphatic heterocycles. The maximum Gasteiger partial charge on any atom is 0.355 e. The third-order valence-electron chi connectivity index (χ3n) is 13.5. The molecular weight excluding hydrogens is 791 g/mol. The highest BCUT2D eigenvalue weighted by atomic mass is 32.1. The number of pyridine rings is 1. The number of ether oxygens (including phenoxy) is 3. The van der Waals surface area contributed by atoms with Crippen LogP contribution in [0.4, 0.5) is 10.9 Å². The first-order valence-corrected chi connectivity index (χ1v) is 22.4. The molecule has 3 N–H and O–H groups in total. The fraction of sp³-hybridized carbons (Fsp3) is 0.511. The fourth-order valence-corrected chi connectivity index (χ4v) is 13.1. The van der Waals surface area contributed by atoms with Gasteiger partial charge in [-0.25, -0.2) is 14.8 Å². The Bertz CT molecular complexity index is 2400. The first-order valence-electron chi connectivity index (χ1n) is 21.6. The van der Waals surface area contributed by atoms with Gasteiger partial charge in [-0.15, -0.1) is 0 Å². The number of anilines is 2. The Morgan fingerprint density at radius 1 is 0.869 bits per heavy atom. The third-order valence-corrected chi connectivity index (χ3v) is 14.4. The molecule has 4 bridgehead atoms. The number of rotatable bonds is 17. The second kappa shape index (κ2) is 16.5. The molecule has 4 atom stereocenters. The molecule has 322 valence electrons. The highest BCUT2D eigenvalue weighted by molar-refractivity contribution is 7.22. The lowest BCUT2D eigenvalue weighted by Gasteiger charge is -2.69. The summed E-state index contributed by atoms with van der Waals surface area (Å²) in [5.74, 6) is -0.757. The Hall–Kier alpha value is -4.73. The minimum absolute atomic E-state index is 0.0123. The molecular formula is C47H57N7O6S. The Balaban J connectivity index is 0.903. The second-order valence-electron chi connectivity index (χ2n) is 18.8. The summed E-state index contributed by atoms with van der Waals surface area (Å²) in [6, 6.07) is 17.4. The average Bonchev–Trinajstić information content (AvgIpc) is 3.79. The Morgan fingerprint density at radius 3 is 2.41 bits per heavy atom. The quantitative estimate of drug-likeness (QED) is 0.0788. The first kappa shape index (κ1) is 41.6. The van der Waals surface area contributed by atoms with Gasteiger partial charge in [0.05, 0.1) is 55.0 Å². The molecule has 10 rings (SSSR count). The largest absolute Gasteiger partial charge is 0.476 e. The molecule has 0 saturated heterocycles. The monoisotopic (exact) mass is 847 g/mol. The smallest absolute Gasteiger partial charge is 0.355 e. The first-order chi connectivity index (χ1) is 29.4. The number of carboxylic acids is 1. The van der Waals surface area contributed by atoms with Crippen LogP contribution in [0.1, 0.15) is 90.0 Å². The predicted octanol–water partition coefficient (Wildman–Crippen LogP) is 7.76. The summed E-state index contributed by atoms with van der Waals surface area (Å²) < 4.78 is 21.4. The SMILES string of the molecule is CNCCOCCOCCOC12CC3(Cn4ncc(-c5ccc(N6CCc7cccc(C(=O)Nc8nc9ccccc9s8)c7C6)nc5C(=O)O)c4C)C[C@@](C)(C1)C[C@](C)(C3)C2. The number of likely N-dealkylation sites (N-methyl/N-ethyl adjacent to an activating group) is 1. The number of nitrogens with one attached hydrogen (secondary N) is 2. The molecule has 2 unspecified atom stereocenters. The Kier molecular flexibility index (Phi) is 11.3. The van der Waals surface area contributed by atoms with Gasteiger partial charge in [0.15, 0.2) is 10.8 Å². The van der Waals surface area contributed by atoms with Crippen LogP contribution in [0.15, 0.2) is 60.8 Å². The molecule has 4 heterocycles. The minimum Gasteiger partial charge on any atom is -0.476 e. The van der Waals surface area contributed by atoms with Crippen LogP contribution in [0, 0.1) is 23.2 Å². The maximum absolute atomic E-state index is 13.7. The molecule has 4 aliphatic carbocycles. The van der Waals surface area contributed by atoms with Crippen molar-refractivity contribution in [2.75, 3.05) is 63.4 Å². The number of carboxylic acid groups (broad SMARTS) is 1. The molecule has 0 spiro atoms. The summed E-state index contributed by atoms with van der Waals surface area (Å²) in [4.78, 5) is 38.0. The van der Waals surface area contributed by atoms with Crippen molar-refractivity contribution >= 4 is 44.4 Å². The maximum atomic E-state index is 13.7. The zero-order valence-electron chi connectivity index (χ0n) is 35.7. The van der Waals surface area contributed by atoms with E-state index in [-0.39, 0.29) is 33.4 Å². The number of aromatic nitrogens is 4. The number of thiazole rings is 1. The van der Waals surface area contributed by atoms with Crippen molar-refractivity contribution in [1.82, 2.24) is 25.1 Å². The van der Waals surface area contributed by atoms with Gasteiger partial charge in [0, 0.05) is 48.6 Å². The van der Waals surface area contributed by atoms with Crippen LogP contribution in [0.25, 0.3) is 21.3 Å². The van der Waals surface area contributed by atoms with E-state index in [9.17, 15) is 14.7 Å². The van der Waals surface area contributed by atoms with Crippen LogP contribution in [-0.2, 0) is 33.7 Å². The molecule has 3 aromatic heterocycles. The van der Waals surface area contributed by atoms with Gasteiger partial charge in [0.25, 0.3) is 5.91 Å². The van der Waals surface area contributed by atoms with Gasteiger partial charge in [0.2, 0.25) is 0 Å². The van der Waals surface area contributed by atoms with Crippen molar-refractivity contribution in [3.63, 3.8) is 0 Å². The van der Waals surface area contributed by atoms with Gasteiger partial charge < -0.3 is 29.5 Å². The van der Waals surface area contributed by atoms with Crippen LogP contribution in [0.3, 0.4) is 0 Å². The van der Waals surface area contributed by atoms with Crippen LogP contribution in [-0.4, -0.2) is 95.5 Å². The number of carbonyl (C=O) groups excluding carboxylic acids is 1. The summed E-state index contributed by atoms with van der Waals surface area (Å²) in [6.07, 6.45) is 9.06. The van der Waals surface area contributed by atoms with Crippen molar-refractivity contribution < 1.29 is 28.9 Å². The minimum atomic E-state index is -1.09. The number of hydrogen-bond donors (Lipinski definition) is 3. The lowest BCUT2D eigenvalue weighted by Crippen LogP contribution is -2.64. The van der Waals surface area contributed by atoms with Gasteiger partial charge >= 0.3 is 5.97 Å². The third kappa shape index (κ3) is 8.45. The van der Waals surface area contributed by atoms with Crippen molar-refractivity contribution in [3.05, 3.63) is 88.9 Å². The van der Waals surface area contributed by atoms with E-state index >= 15 is 0 Å². The summed E-state index contributed by atoms with van der Waals surface area (Å²) >= 11 is 1.44. The summed E-state index contributed by atoms with van der Waals surface area (Å²) in [6.45, 7) is 12.5. The molecule has 0 radical (unpaired) electrons. The number of amides is 1. The van der Waals surface area contributed by atoms with Crippen molar-refractivity contribution in [2.45, 2.75) is 84.4 Å². The van der Waals surface area contributed by atoms with Crippen molar-refractivity contribution in [1.29, 1.82) is 0 Å². The topological polar surface area (TPSA) is 153 Å². The number of benzene rings is 2. The lowest BCUT2D eigenvalue weighted by molar-refractivity contribution is -0.250. The van der Waals surface area contributed by atoms with Crippen LogP contribution in [0.2, 0.25) is 0 Å². The van der Waals surface area contributed by atoms with E-state index in [1.807, 2.05) is 68.7 Å². The van der Waals surface area contributed by atoms with Crippen molar-refractivity contribution in [2.24, 2.45) is 16.2 Å². The number of aromatic carboxylic acids is 1.